The van der Waals surface area contributed by atoms with Crippen molar-refractivity contribution in [1.82, 2.24) is 10.2 Å². The van der Waals surface area contributed by atoms with Crippen LogP contribution in [0.2, 0.25) is 0 Å². The largest absolute Gasteiger partial charge is 0.481 e. The van der Waals surface area contributed by atoms with E-state index in [1.165, 1.54) is 0 Å². The first kappa shape index (κ1) is 15.8. The minimum atomic E-state index is -0.838. The second kappa shape index (κ2) is 6.23. The molecule has 0 saturated carbocycles. The van der Waals surface area contributed by atoms with Gasteiger partial charge in [-0.3, -0.25) is 4.79 Å². The van der Waals surface area contributed by atoms with E-state index in [0.717, 1.165) is 0 Å². The monoisotopic (exact) mass is 272 g/mol. The number of hydrogen-bond acceptors (Lipinski definition) is 3. The van der Waals surface area contributed by atoms with Crippen LogP contribution in [0.15, 0.2) is 0 Å². The molecule has 0 radical (unpaired) electrons. The molecule has 1 fully saturated rings. The fraction of sp³-hybridized carbons (Fsp3) is 0.846. The Morgan fingerprint density at radius 2 is 2.16 bits per heavy atom. The van der Waals surface area contributed by atoms with Gasteiger partial charge in [-0.1, -0.05) is 6.92 Å². The minimum Gasteiger partial charge on any atom is -0.481 e. The summed E-state index contributed by atoms with van der Waals surface area (Å²) in [6.07, 6.45) is 0.442. The lowest BCUT2D eigenvalue weighted by atomic mass is 10.1. The van der Waals surface area contributed by atoms with Gasteiger partial charge in [-0.2, -0.15) is 0 Å². The lowest BCUT2D eigenvalue weighted by Gasteiger charge is -2.41. The Morgan fingerprint density at radius 1 is 1.53 bits per heavy atom. The molecule has 6 heteroatoms. The number of urea groups is 1. The number of rotatable bonds is 4. The van der Waals surface area contributed by atoms with Crippen LogP contribution in [0.5, 0.6) is 0 Å². The van der Waals surface area contributed by atoms with E-state index in [4.69, 9.17) is 9.84 Å². The quantitative estimate of drug-likeness (QED) is 0.808. The highest BCUT2D eigenvalue weighted by molar-refractivity contribution is 5.74. The van der Waals surface area contributed by atoms with Crippen molar-refractivity contribution in [3.8, 4) is 0 Å². The molecule has 0 aromatic carbocycles. The first-order valence-corrected chi connectivity index (χ1v) is 6.64. The van der Waals surface area contributed by atoms with Crippen LogP contribution in [0.1, 0.15) is 34.1 Å². The summed E-state index contributed by atoms with van der Waals surface area (Å²) in [5.41, 5.74) is -0.344. The Kier molecular flexibility index (Phi) is 5.17. The van der Waals surface area contributed by atoms with Crippen LogP contribution in [0, 0.1) is 5.92 Å². The highest BCUT2D eigenvalue weighted by Crippen LogP contribution is 2.20. The smallest absolute Gasteiger partial charge is 0.317 e. The Hall–Kier alpha value is -1.30. The normalized spacial score (nSPS) is 23.8. The van der Waals surface area contributed by atoms with Crippen molar-refractivity contribution in [2.45, 2.75) is 45.8 Å². The molecule has 6 nitrogen and oxygen atoms in total. The molecule has 19 heavy (non-hydrogen) atoms. The maximum atomic E-state index is 12.0. The van der Waals surface area contributed by atoms with E-state index in [9.17, 15) is 9.59 Å². The van der Waals surface area contributed by atoms with Gasteiger partial charge in [-0.25, -0.2) is 4.79 Å². The molecule has 2 N–H and O–H groups in total. The molecule has 0 spiro atoms. The molecular formula is C13H24N2O4. The van der Waals surface area contributed by atoms with Crippen molar-refractivity contribution >= 4 is 12.0 Å². The van der Waals surface area contributed by atoms with E-state index in [-0.39, 0.29) is 17.7 Å². The number of ether oxygens (including phenoxy) is 1. The molecule has 1 saturated heterocycles. The van der Waals surface area contributed by atoms with Gasteiger partial charge in [-0.05, 0) is 27.2 Å². The molecule has 2 atom stereocenters. The van der Waals surface area contributed by atoms with Crippen molar-refractivity contribution in [1.29, 1.82) is 0 Å². The van der Waals surface area contributed by atoms with Crippen LogP contribution in [0.4, 0.5) is 4.79 Å². The van der Waals surface area contributed by atoms with Crippen molar-refractivity contribution in [3.05, 3.63) is 0 Å². The van der Waals surface area contributed by atoms with Gasteiger partial charge in [0, 0.05) is 13.1 Å². The summed E-state index contributed by atoms with van der Waals surface area (Å²) in [6, 6.07) is -0.152. The Bertz CT molecular complexity index is 344. The summed E-state index contributed by atoms with van der Waals surface area (Å²) in [5.74, 6) is -1.28. The number of carbonyl (C=O) groups is 2. The Labute approximate surface area is 114 Å². The predicted octanol–water partition coefficient (Wildman–Crippen LogP) is 1.31. The Morgan fingerprint density at radius 3 is 2.68 bits per heavy atom. The second-order valence-corrected chi connectivity index (χ2v) is 5.83. The van der Waals surface area contributed by atoms with Crippen molar-refractivity contribution in [2.75, 3.05) is 19.6 Å². The number of aliphatic carboxylic acids is 1. The molecule has 110 valence electrons. The highest BCUT2D eigenvalue weighted by atomic mass is 16.5. The number of carboxylic acids is 1. The topological polar surface area (TPSA) is 78.9 Å². The lowest BCUT2D eigenvalue weighted by molar-refractivity contribution is -0.141. The maximum absolute atomic E-state index is 12.0. The number of nitrogens with one attached hydrogen (secondary N) is 1. The van der Waals surface area contributed by atoms with Gasteiger partial charge in [0.05, 0.1) is 24.2 Å². The van der Waals surface area contributed by atoms with E-state index in [1.807, 2.05) is 20.8 Å². The fourth-order valence-electron chi connectivity index (χ4n) is 2.24. The first-order chi connectivity index (χ1) is 8.71. The average Bonchev–Trinajstić information content (AvgIpc) is 2.25. The zero-order valence-corrected chi connectivity index (χ0v) is 12.1. The van der Waals surface area contributed by atoms with Crippen LogP contribution in [-0.2, 0) is 9.53 Å². The van der Waals surface area contributed by atoms with Crippen LogP contribution in [0.25, 0.3) is 0 Å². The van der Waals surface area contributed by atoms with Gasteiger partial charge in [-0.15, -0.1) is 0 Å². The van der Waals surface area contributed by atoms with Gasteiger partial charge >= 0.3 is 12.0 Å². The summed E-state index contributed by atoms with van der Waals surface area (Å²) in [5, 5.41) is 11.5. The standard InChI is InChI=1S/C13H24N2O4/c1-9(11(16)17)5-6-14-12(18)15-7-10(2)19-13(3,4)8-15/h9-10H,5-8H2,1-4H3,(H,14,18)(H,16,17). The maximum Gasteiger partial charge on any atom is 0.317 e. The molecule has 1 rings (SSSR count). The van der Waals surface area contributed by atoms with Crippen LogP contribution in [0.3, 0.4) is 0 Å². The molecule has 0 bridgehead atoms. The van der Waals surface area contributed by atoms with E-state index in [2.05, 4.69) is 5.32 Å². The minimum absolute atomic E-state index is 0.00689. The second-order valence-electron chi connectivity index (χ2n) is 5.83. The Balaban J connectivity index is 2.39. The number of carbonyl (C=O) groups excluding carboxylic acids is 1. The van der Waals surface area contributed by atoms with E-state index < -0.39 is 11.9 Å². The first-order valence-electron chi connectivity index (χ1n) is 6.64. The molecule has 0 aromatic heterocycles. The SMILES string of the molecule is CC1CN(C(=O)NCCC(C)C(=O)O)CC(C)(C)O1. The van der Waals surface area contributed by atoms with Crippen LogP contribution >= 0.6 is 0 Å². The summed E-state index contributed by atoms with van der Waals surface area (Å²) in [4.78, 5) is 24.4. The van der Waals surface area contributed by atoms with Gasteiger partial charge in [0.25, 0.3) is 0 Å². The van der Waals surface area contributed by atoms with Crippen molar-refractivity contribution in [3.63, 3.8) is 0 Å². The zero-order valence-electron chi connectivity index (χ0n) is 12.1. The number of amides is 2. The van der Waals surface area contributed by atoms with Gasteiger partial charge in [0.2, 0.25) is 0 Å². The third-order valence-electron chi connectivity index (χ3n) is 3.13. The van der Waals surface area contributed by atoms with E-state index in [0.29, 0.717) is 26.1 Å². The molecule has 1 aliphatic rings. The molecule has 1 heterocycles. The third kappa shape index (κ3) is 5.06. The van der Waals surface area contributed by atoms with Crippen molar-refractivity contribution < 1.29 is 19.4 Å². The average molecular weight is 272 g/mol. The summed E-state index contributed by atoms with van der Waals surface area (Å²) in [7, 11) is 0. The van der Waals surface area contributed by atoms with Gasteiger partial charge < -0.3 is 20.1 Å². The number of carboxylic acid groups (broad SMARTS) is 1. The zero-order chi connectivity index (χ0) is 14.6. The van der Waals surface area contributed by atoms with Crippen molar-refractivity contribution in [2.24, 2.45) is 5.92 Å². The number of hydrogen-bond donors (Lipinski definition) is 2. The number of nitrogens with zero attached hydrogens (tertiary/aromatic N) is 1. The van der Waals surface area contributed by atoms with Gasteiger partial charge in [0.15, 0.2) is 0 Å². The fourth-order valence-corrected chi connectivity index (χ4v) is 2.24. The third-order valence-corrected chi connectivity index (χ3v) is 3.13. The molecule has 2 unspecified atom stereocenters. The lowest BCUT2D eigenvalue weighted by Crippen LogP contribution is -2.56. The molecule has 0 aliphatic carbocycles. The molecule has 2 amide bonds. The van der Waals surface area contributed by atoms with Crippen LogP contribution in [-0.4, -0.2) is 53.3 Å². The summed E-state index contributed by atoms with van der Waals surface area (Å²) >= 11 is 0. The van der Waals surface area contributed by atoms with E-state index in [1.54, 1.807) is 11.8 Å². The molecule has 1 aliphatic heterocycles. The van der Waals surface area contributed by atoms with E-state index >= 15 is 0 Å². The highest BCUT2D eigenvalue weighted by Gasteiger charge is 2.33. The number of morpholine rings is 1. The summed E-state index contributed by atoms with van der Waals surface area (Å²) in [6.45, 7) is 8.95. The predicted molar refractivity (Wildman–Crippen MR) is 71.0 cm³/mol. The molecular weight excluding hydrogens is 248 g/mol. The summed E-state index contributed by atoms with van der Waals surface area (Å²) < 4.78 is 5.73. The van der Waals surface area contributed by atoms with Gasteiger partial charge in [0.1, 0.15) is 0 Å². The molecule has 0 aromatic rings. The van der Waals surface area contributed by atoms with Crippen LogP contribution < -0.4 is 5.32 Å².